The first-order valence-electron chi connectivity index (χ1n) is 5.65. The molecular weight excluding hydrogens is 315 g/mol. The van der Waals surface area contributed by atoms with E-state index in [4.69, 9.17) is 21.4 Å². The predicted octanol–water partition coefficient (Wildman–Crippen LogP) is 2.24. The molecule has 0 bridgehead atoms. The maximum Gasteiger partial charge on any atom is 0.391 e. The summed E-state index contributed by atoms with van der Waals surface area (Å²) in [5, 5.41) is 10.6. The van der Waals surface area contributed by atoms with Crippen molar-refractivity contribution in [2.24, 2.45) is 0 Å². The number of aliphatic carboxylic acids is 1. The lowest BCUT2D eigenvalue weighted by Crippen LogP contribution is -2.45. The van der Waals surface area contributed by atoms with Crippen LogP contribution < -0.4 is 10.1 Å². The van der Waals surface area contributed by atoms with Gasteiger partial charge in [-0.05, 0) is 12.1 Å². The summed E-state index contributed by atoms with van der Waals surface area (Å²) in [5.74, 6) is -2.61. The first kappa shape index (κ1) is 17.1. The monoisotopic (exact) mass is 325 g/mol. The van der Waals surface area contributed by atoms with Crippen LogP contribution in [0.5, 0.6) is 5.75 Å². The average molecular weight is 326 g/mol. The van der Waals surface area contributed by atoms with E-state index >= 15 is 0 Å². The Labute approximate surface area is 122 Å². The molecule has 0 heterocycles. The highest BCUT2D eigenvalue weighted by molar-refractivity contribution is 6.32. The van der Waals surface area contributed by atoms with Crippen LogP contribution in [-0.4, -0.2) is 35.8 Å². The number of carboxylic acid groups (broad SMARTS) is 1. The summed E-state index contributed by atoms with van der Waals surface area (Å²) in [4.78, 5) is 22.1. The van der Waals surface area contributed by atoms with Gasteiger partial charge in [-0.15, -0.1) is 0 Å². The molecule has 9 heteroatoms. The molecule has 0 aliphatic carbocycles. The van der Waals surface area contributed by atoms with Gasteiger partial charge in [0.05, 0.1) is 11.4 Å². The van der Waals surface area contributed by atoms with Crippen molar-refractivity contribution in [1.29, 1.82) is 0 Å². The van der Waals surface area contributed by atoms with Crippen LogP contribution in [0.4, 0.5) is 13.2 Å². The molecule has 1 rings (SSSR count). The Hall–Kier alpha value is -1.96. The van der Waals surface area contributed by atoms with Crippen LogP contribution in [0.3, 0.4) is 0 Å². The number of ether oxygens (including phenoxy) is 1. The minimum absolute atomic E-state index is 0.164. The average Bonchev–Trinajstić information content (AvgIpc) is 2.35. The zero-order valence-corrected chi connectivity index (χ0v) is 11.2. The third kappa shape index (κ3) is 6.35. The molecule has 0 aliphatic heterocycles. The molecule has 5 nitrogen and oxygen atoms in total. The van der Waals surface area contributed by atoms with E-state index < -0.39 is 37.1 Å². The quantitative estimate of drug-likeness (QED) is 0.841. The van der Waals surface area contributed by atoms with Crippen LogP contribution in [0.25, 0.3) is 0 Å². The van der Waals surface area contributed by atoms with Crippen LogP contribution in [-0.2, 0) is 9.59 Å². The molecule has 116 valence electrons. The van der Waals surface area contributed by atoms with Crippen LogP contribution in [0.1, 0.15) is 6.42 Å². The molecule has 2 N–H and O–H groups in total. The van der Waals surface area contributed by atoms with Gasteiger partial charge >= 0.3 is 12.1 Å². The van der Waals surface area contributed by atoms with Crippen LogP contribution >= 0.6 is 11.6 Å². The molecule has 21 heavy (non-hydrogen) atoms. The Kier molecular flexibility index (Phi) is 5.83. The van der Waals surface area contributed by atoms with Crippen LogP contribution in [0, 0.1) is 0 Å². The fourth-order valence-electron chi connectivity index (χ4n) is 1.37. The number of alkyl halides is 3. The number of nitrogens with one attached hydrogen (secondary N) is 1. The number of para-hydroxylation sites is 1. The molecular formula is C12H11ClF3NO4. The standard InChI is InChI=1S/C12H11ClF3NO4/c13-7-3-1-2-4-9(7)21-6-10(18)17-8(11(19)20)5-12(14,15)16/h1-4,8H,5-6H2,(H,17,18)(H,19,20). The van der Waals surface area contributed by atoms with E-state index in [-0.39, 0.29) is 10.8 Å². The molecule has 0 radical (unpaired) electrons. The fourth-order valence-corrected chi connectivity index (χ4v) is 1.56. The normalized spacial score (nSPS) is 12.6. The number of carbonyl (C=O) groups is 2. The maximum atomic E-state index is 12.2. The first-order chi connectivity index (χ1) is 9.69. The summed E-state index contributed by atoms with van der Waals surface area (Å²) in [6.07, 6.45) is -6.37. The number of hydrogen-bond donors (Lipinski definition) is 2. The van der Waals surface area contributed by atoms with Crippen LogP contribution in [0.15, 0.2) is 24.3 Å². The molecule has 0 spiro atoms. The number of halogens is 4. The lowest BCUT2D eigenvalue weighted by molar-refractivity contribution is -0.160. The van der Waals surface area contributed by atoms with Crippen molar-refractivity contribution >= 4 is 23.5 Å². The summed E-state index contributed by atoms with van der Waals surface area (Å²) in [6.45, 7) is -0.647. The predicted molar refractivity (Wildman–Crippen MR) is 67.2 cm³/mol. The molecule has 1 aromatic rings. The highest BCUT2D eigenvalue weighted by atomic mass is 35.5. The second kappa shape index (κ2) is 7.16. The number of carbonyl (C=O) groups excluding carboxylic acids is 1. The van der Waals surface area contributed by atoms with Gasteiger partial charge in [0, 0.05) is 0 Å². The smallest absolute Gasteiger partial charge is 0.391 e. The van der Waals surface area contributed by atoms with Crippen LogP contribution in [0.2, 0.25) is 5.02 Å². The Morgan fingerprint density at radius 1 is 1.33 bits per heavy atom. The second-order valence-electron chi connectivity index (χ2n) is 4.00. The Bertz CT molecular complexity index is 521. The van der Waals surface area contributed by atoms with E-state index in [0.717, 1.165) is 0 Å². The van der Waals surface area contributed by atoms with E-state index in [0.29, 0.717) is 0 Å². The van der Waals surface area contributed by atoms with Gasteiger partial charge in [-0.2, -0.15) is 13.2 Å². The highest BCUT2D eigenvalue weighted by Crippen LogP contribution is 2.23. The van der Waals surface area contributed by atoms with Crippen molar-refractivity contribution in [1.82, 2.24) is 5.32 Å². The third-order valence-electron chi connectivity index (χ3n) is 2.26. The summed E-state index contributed by atoms with van der Waals surface area (Å²) in [6, 6.07) is 4.10. The van der Waals surface area contributed by atoms with Crippen molar-refractivity contribution in [2.75, 3.05) is 6.61 Å². The maximum absolute atomic E-state index is 12.2. The number of amides is 1. The number of rotatable bonds is 6. The molecule has 0 fully saturated rings. The number of benzene rings is 1. The Balaban J connectivity index is 2.55. The van der Waals surface area contributed by atoms with Crippen molar-refractivity contribution in [3.8, 4) is 5.75 Å². The summed E-state index contributed by atoms with van der Waals surface area (Å²) >= 11 is 5.75. The molecule has 1 atom stereocenters. The molecule has 1 aromatic carbocycles. The SMILES string of the molecule is O=C(COc1ccccc1Cl)NC(CC(F)(F)F)C(=O)O. The van der Waals surface area contributed by atoms with Gasteiger partial charge in [0.2, 0.25) is 0 Å². The van der Waals surface area contributed by atoms with E-state index in [1.807, 2.05) is 0 Å². The number of carboxylic acids is 1. The largest absolute Gasteiger partial charge is 0.482 e. The summed E-state index contributed by atoms with van der Waals surface area (Å²) in [7, 11) is 0. The second-order valence-corrected chi connectivity index (χ2v) is 4.40. The first-order valence-corrected chi connectivity index (χ1v) is 6.03. The minimum Gasteiger partial charge on any atom is -0.482 e. The van der Waals surface area contributed by atoms with Crippen molar-refractivity contribution in [3.05, 3.63) is 29.3 Å². The molecule has 0 aromatic heterocycles. The molecule has 0 aliphatic rings. The minimum atomic E-state index is -4.71. The molecule has 0 saturated carbocycles. The van der Waals surface area contributed by atoms with E-state index in [1.54, 1.807) is 17.4 Å². The highest BCUT2D eigenvalue weighted by Gasteiger charge is 2.36. The lowest BCUT2D eigenvalue weighted by atomic mass is 10.2. The summed E-state index contributed by atoms with van der Waals surface area (Å²) in [5.41, 5.74) is 0. The van der Waals surface area contributed by atoms with Gasteiger partial charge < -0.3 is 15.2 Å². The van der Waals surface area contributed by atoms with Crippen molar-refractivity contribution < 1.29 is 32.6 Å². The van der Waals surface area contributed by atoms with Gasteiger partial charge in [-0.3, -0.25) is 4.79 Å². The van der Waals surface area contributed by atoms with Crippen molar-refractivity contribution in [3.63, 3.8) is 0 Å². The van der Waals surface area contributed by atoms with E-state index in [2.05, 4.69) is 0 Å². The van der Waals surface area contributed by atoms with Gasteiger partial charge in [0.15, 0.2) is 6.61 Å². The molecule has 0 saturated heterocycles. The van der Waals surface area contributed by atoms with Gasteiger partial charge in [-0.1, -0.05) is 23.7 Å². The van der Waals surface area contributed by atoms with E-state index in [1.165, 1.54) is 12.1 Å². The zero-order chi connectivity index (χ0) is 16.0. The zero-order valence-electron chi connectivity index (χ0n) is 10.5. The summed E-state index contributed by atoms with van der Waals surface area (Å²) < 4.78 is 41.5. The number of hydrogen-bond acceptors (Lipinski definition) is 3. The van der Waals surface area contributed by atoms with Gasteiger partial charge in [0.1, 0.15) is 11.8 Å². The van der Waals surface area contributed by atoms with Gasteiger partial charge in [-0.25, -0.2) is 4.79 Å². The topological polar surface area (TPSA) is 75.6 Å². The molecule has 1 amide bonds. The van der Waals surface area contributed by atoms with Crippen molar-refractivity contribution in [2.45, 2.75) is 18.6 Å². The van der Waals surface area contributed by atoms with E-state index in [9.17, 15) is 22.8 Å². The Morgan fingerprint density at radius 2 is 1.95 bits per heavy atom. The third-order valence-corrected chi connectivity index (χ3v) is 2.58. The Morgan fingerprint density at radius 3 is 2.48 bits per heavy atom. The molecule has 1 unspecified atom stereocenters. The lowest BCUT2D eigenvalue weighted by Gasteiger charge is -2.16. The fraction of sp³-hybridized carbons (Fsp3) is 0.333. The van der Waals surface area contributed by atoms with Gasteiger partial charge in [0.25, 0.3) is 5.91 Å².